The lowest BCUT2D eigenvalue weighted by Crippen LogP contribution is -2.32. The highest BCUT2D eigenvalue weighted by molar-refractivity contribution is 5.71. The Kier molecular flexibility index (Phi) is 3.83. The summed E-state index contributed by atoms with van der Waals surface area (Å²) in [4.78, 5) is 11.9. The molecule has 118 valence electrons. The van der Waals surface area contributed by atoms with E-state index >= 15 is 0 Å². The first-order valence-electron chi connectivity index (χ1n) is 8.35. The number of rotatable bonds is 3. The smallest absolute Gasteiger partial charge is 0.160 e. The van der Waals surface area contributed by atoms with Crippen molar-refractivity contribution in [3.05, 3.63) is 60.0 Å². The Balaban J connectivity index is 1.78. The number of pyridine rings is 1. The van der Waals surface area contributed by atoms with Crippen LogP contribution in [0.1, 0.15) is 30.1 Å². The average molecular weight is 306 g/mol. The van der Waals surface area contributed by atoms with Gasteiger partial charge in [-0.15, -0.1) is 0 Å². The van der Waals surface area contributed by atoms with Crippen LogP contribution >= 0.6 is 0 Å². The van der Waals surface area contributed by atoms with E-state index in [4.69, 9.17) is 4.98 Å². The Hall–Kier alpha value is -2.20. The van der Waals surface area contributed by atoms with Crippen molar-refractivity contribution in [2.75, 3.05) is 20.1 Å². The van der Waals surface area contributed by atoms with Crippen molar-refractivity contribution in [2.45, 2.75) is 25.3 Å². The van der Waals surface area contributed by atoms with Crippen LogP contribution in [0.2, 0.25) is 0 Å². The van der Waals surface area contributed by atoms with Crippen LogP contribution in [0.4, 0.5) is 0 Å². The maximum absolute atomic E-state index is 4.94. The standard InChI is InChI=1S/C19H22N4/c1-22-12-6-9-16(14-22)18-21-17-10-5-11-20-19(17)23(18)13-15-7-3-2-4-8-15/h2-5,7-8,10-11,16H,6,9,12-14H2,1H3/t16-/m0/s1. The maximum atomic E-state index is 4.94. The van der Waals surface area contributed by atoms with Gasteiger partial charge in [-0.3, -0.25) is 0 Å². The summed E-state index contributed by atoms with van der Waals surface area (Å²) in [5.74, 6) is 1.68. The van der Waals surface area contributed by atoms with Crippen molar-refractivity contribution in [3.8, 4) is 0 Å². The lowest BCUT2D eigenvalue weighted by atomic mass is 9.97. The third-order valence-corrected chi connectivity index (χ3v) is 4.71. The maximum Gasteiger partial charge on any atom is 0.160 e. The average Bonchev–Trinajstić information content (AvgIpc) is 2.95. The van der Waals surface area contributed by atoms with Crippen LogP contribution in [0.3, 0.4) is 0 Å². The number of benzene rings is 1. The zero-order chi connectivity index (χ0) is 15.6. The first kappa shape index (κ1) is 14.4. The number of hydrogen-bond acceptors (Lipinski definition) is 3. The van der Waals surface area contributed by atoms with Gasteiger partial charge in [0, 0.05) is 18.7 Å². The van der Waals surface area contributed by atoms with E-state index in [2.05, 4.69) is 57.9 Å². The molecule has 0 saturated carbocycles. The summed E-state index contributed by atoms with van der Waals surface area (Å²) in [5, 5.41) is 0. The zero-order valence-electron chi connectivity index (χ0n) is 13.5. The lowest BCUT2D eigenvalue weighted by Gasteiger charge is -2.29. The molecule has 2 aromatic heterocycles. The summed E-state index contributed by atoms with van der Waals surface area (Å²) >= 11 is 0. The Labute approximate surface area is 136 Å². The number of hydrogen-bond donors (Lipinski definition) is 0. The molecule has 0 radical (unpaired) electrons. The van der Waals surface area contributed by atoms with E-state index in [-0.39, 0.29) is 0 Å². The number of imidazole rings is 1. The van der Waals surface area contributed by atoms with Gasteiger partial charge in [-0.2, -0.15) is 0 Å². The molecule has 23 heavy (non-hydrogen) atoms. The Morgan fingerprint density at radius 3 is 2.83 bits per heavy atom. The third-order valence-electron chi connectivity index (χ3n) is 4.71. The molecule has 4 heteroatoms. The second-order valence-corrected chi connectivity index (χ2v) is 6.49. The Morgan fingerprint density at radius 2 is 2.00 bits per heavy atom. The van der Waals surface area contributed by atoms with Crippen molar-refractivity contribution in [2.24, 2.45) is 0 Å². The van der Waals surface area contributed by atoms with Gasteiger partial charge in [0.15, 0.2) is 5.65 Å². The fraction of sp³-hybridized carbons (Fsp3) is 0.368. The van der Waals surface area contributed by atoms with Crippen LogP contribution in [0, 0.1) is 0 Å². The van der Waals surface area contributed by atoms with Gasteiger partial charge in [0.25, 0.3) is 0 Å². The van der Waals surface area contributed by atoms with Gasteiger partial charge >= 0.3 is 0 Å². The first-order chi connectivity index (χ1) is 11.3. The normalized spacial score (nSPS) is 19.3. The van der Waals surface area contributed by atoms with E-state index in [0.29, 0.717) is 5.92 Å². The van der Waals surface area contributed by atoms with E-state index in [1.165, 1.54) is 30.8 Å². The molecule has 1 aliphatic rings. The first-order valence-corrected chi connectivity index (χ1v) is 8.35. The zero-order valence-corrected chi connectivity index (χ0v) is 13.5. The van der Waals surface area contributed by atoms with Gasteiger partial charge in [0.05, 0.1) is 6.54 Å². The largest absolute Gasteiger partial charge is 0.308 e. The highest BCUT2D eigenvalue weighted by Gasteiger charge is 2.25. The topological polar surface area (TPSA) is 34.0 Å². The molecule has 3 aromatic rings. The van der Waals surface area contributed by atoms with Crippen molar-refractivity contribution >= 4 is 11.2 Å². The lowest BCUT2D eigenvalue weighted by molar-refractivity contribution is 0.243. The minimum absolute atomic E-state index is 0.492. The summed E-state index contributed by atoms with van der Waals surface area (Å²) in [5.41, 5.74) is 3.30. The number of piperidine rings is 1. The molecule has 1 fully saturated rings. The monoisotopic (exact) mass is 306 g/mol. The van der Waals surface area contributed by atoms with Crippen LogP contribution in [-0.4, -0.2) is 39.6 Å². The van der Waals surface area contributed by atoms with Crippen molar-refractivity contribution in [1.29, 1.82) is 0 Å². The highest BCUT2D eigenvalue weighted by Crippen LogP contribution is 2.28. The molecule has 1 aromatic carbocycles. The Bertz CT molecular complexity index is 793. The Morgan fingerprint density at radius 1 is 1.13 bits per heavy atom. The molecule has 0 bridgehead atoms. The second-order valence-electron chi connectivity index (χ2n) is 6.49. The van der Waals surface area contributed by atoms with Crippen LogP contribution < -0.4 is 0 Å². The van der Waals surface area contributed by atoms with Crippen LogP contribution in [0.25, 0.3) is 11.2 Å². The summed E-state index contributed by atoms with van der Waals surface area (Å²) in [7, 11) is 2.20. The van der Waals surface area contributed by atoms with Crippen molar-refractivity contribution < 1.29 is 0 Å². The van der Waals surface area contributed by atoms with Crippen molar-refractivity contribution in [1.82, 2.24) is 19.4 Å². The number of fused-ring (bicyclic) bond motifs is 1. The van der Waals surface area contributed by atoms with Gasteiger partial charge in [0.2, 0.25) is 0 Å². The molecule has 4 rings (SSSR count). The SMILES string of the molecule is CN1CCC[C@H](c2nc3cccnc3n2Cc2ccccc2)C1. The molecule has 0 unspecified atom stereocenters. The third kappa shape index (κ3) is 2.86. The fourth-order valence-corrected chi connectivity index (χ4v) is 3.59. The summed E-state index contributed by atoms with van der Waals surface area (Å²) < 4.78 is 2.31. The van der Waals surface area contributed by atoms with Gasteiger partial charge in [0.1, 0.15) is 11.3 Å². The van der Waals surface area contributed by atoms with E-state index in [1.807, 2.05) is 12.3 Å². The molecule has 3 heterocycles. The van der Waals surface area contributed by atoms with Crippen LogP contribution in [0.5, 0.6) is 0 Å². The summed E-state index contributed by atoms with van der Waals surface area (Å²) in [6.07, 6.45) is 4.31. The summed E-state index contributed by atoms with van der Waals surface area (Å²) in [6.45, 7) is 3.11. The molecule has 0 amide bonds. The van der Waals surface area contributed by atoms with E-state index in [0.717, 1.165) is 24.3 Å². The molecule has 0 aliphatic carbocycles. The molecule has 1 aliphatic heterocycles. The van der Waals surface area contributed by atoms with Gasteiger partial charge in [-0.25, -0.2) is 9.97 Å². The number of likely N-dealkylation sites (tertiary alicyclic amines) is 1. The van der Waals surface area contributed by atoms with E-state index < -0.39 is 0 Å². The predicted octanol–water partition coefficient (Wildman–Crippen LogP) is 3.29. The molecule has 4 nitrogen and oxygen atoms in total. The second kappa shape index (κ2) is 6.13. The number of likely N-dealkylation sites (N-methyl/N-ethyl adjacent to an activating group) is 1. The van der Waals surface area contributed by atoms with Gasteiger partial charge < -0.3 is 9.47 Å². The van der Waals surface area contributed by atoms with Gasteiger partial charge in [-0.05, 0) is 44.1 Å². The molecule has 1 saturated heterocycles. The summed E-state index contributed by atoms with van der Waals surface area (Å²) in [6, 6.07) is 14.6. The number of nitrogens with zero attached hydrogens (tertiary/aromatic N) is 4. The van der Waals surface area contributed by atoms with Crippen molar-refractivity contribution in [3.63, 3.8) is 0 Å². The van der Waals surface area contributed by atoms with E-state index in [9.17, 15) is 0 Å². The van der Waals surface area contributed by atoms with Gasteiger partial charge in [-0.1, -0.05) is 30.3 Å². The quantitative estimate of drug-likeness (QED) is 0.744. The van der Waals surface area contributed by atoms with Crippen LogP contribution in [-0.2, 0) is 6.54 Å². The predicted molar refractivity (Wildman–Crippen MR) is 92.5 cm³/mol. The molecule has 0 N–H and O–H groups in total. The van der Waals surface area contributed by atoms with E-state index in [1.54, 1.807) is 0 Å². The number of aromatic nitrogens is 3. The minimum Gasteiger partial charge on any atom is -0.308 e. The fourth-order valence-electron chi connectivity index (χ4n) is 3.59. The molecule has 0 spiro atoms. The molecular weight excluding hydrogens is 284 g/mol. The van der Waals surface area contributed by atoms with Crippen LogP contribution in [0.15, 0.2) is 48.7 Å². The minimum atomic E-state index is 0.492. The molecular formula is C19H22N4. The molecule has 1 atom stereocenters. The highest BCUT2D eigenvalue weighted by atomic mass is 15.2.